The van der Waals surface area contributed by atoms with Gasteiger partial charge in [0.25, 0.3) is 0 Å². The molecule has 0 radical (unpaired) electrons. The molecule has 0 aliphatic carbocycles. The second-order valence-electron chi connectivity index (χ2n) is 8.56. The van der Waals surface area contributed by atoms with Crippen molar-refractivity contribution >= 4 is 7.82 Å². The van der Waals surface area contributed by atoms with Crippen LogP contribution in [-0.2, 0) is 13.6 Å². The lowest BCUT2D eigenvalue weighted by Gasteiger charge is -2.20. The van der Waals surface area contributed by atoms with Gasteiger partial charge in [-0.05, 0) is 48.9 Å². The summed E-state index contributed by atoms with van der Waals surface area (Å²) in [6, 6.07) is 17.4. The molecule has 6 nitrogen and oxygen atoms in total. The molecule has 3 N–H and O–H groups in total. The number of hydrogen-bond acceptors (Lipinski definition) is 5. The monoisotopic (exact) mass is 510 g/mol. The van der Waals surface area contributed by atoms with Crippen molar-refractivity contribution in [3.8, 4) is 11.5 Å². The van der Waals surface area contributed by atoms with Crippen molar-refractivity contribution in [1.82, 2.24) is 0 Å². The van der Waals surface area contributed by atoms with Crippen LogP contribution in [-0.4, -0.2) is 28.3 Å². The topological polar surface area (TPSA) is 96.2 Å². The molecular formula is C28H47O6P. The van der Waals surface area contributed by atoms with E-state index in [1.165, 1.54) is 0 Å². The minimum absolute atomic E-state index is 0.316. The lowest BCUT2D eigenvalue weighted by molar-refractivity contribution is 0.110. The maximum Gasteiger partial charge on any atom is 0.472 e. The van der Waals surface area contributed by atoms with Crippen LogP contribution in [0.5, 0.6) is 11.5 Å². The van der Waals surface area contributed by atoms with Gasteiger partial charge in [-0.1, -0.05) is 103 Å². The predicted octanol–water partition coefficient (Wildman–Crippen LogP) is 8.34. The Morgan fingerprint density at radius 3 is 1.26 bits per heavy atom. The van der Waals surface area contributed by atoms with Crippen molar-refractivity contribution in [3.05, 3.63) is 60.7 Å². The molecule has 0 heterocycles. The fraction of sp³-hybridized carbons (Fsp3) is 0.571. The highest BCUT2D eigenvalue weighted by atomic mass is 31.2. The Labute approximate surface area is 212 Å². The average Bonchev–Trinajstić information content (AvgIpc) is 2.86. The molecule has 200 valence electrons. The fourth-order valence-corrected chi connectivity index (χ4v) is 3.96. The summed E-state index contributed by atoms with van der Waals surface area (Å²) >= 11 is 0. The molecule has 0 aromatic heterocycles. The number of phenolic OH excluding ortho intramolecular Hbond substituents is 2. The van der Waals surface area contributed by atoms with Gasteiger partial charge in [-0.2, -0.15) is 0 Å². The third kappa shape index (κ3) is 20.1. The molecule has 0 saturated heterocycles. The van der Waals surface area contributed by atoms with Crippen molar-refractivity contribution in [2.75, 3.05) is 13.2 Å². The third-order valence-electron chi connectivity index (χ3n) is 5.55. The number of para-hydroxylation sites is 2. The molecule has 35 heavy (non-hydrogen) atoms. The minimum Gasteiger partial charge on any atom is -0.508 e. The van der Waals surface area contributed by atoms with Crippen LogP contribution in [0.4, 0.5) is 0 Å². The summed E-state index contributed by atoms with van der Waals surface area (Å²) in [5, 5.41) is 17.3. The van der Waals surface area contributed by atoms with Gasteiger partial charge >= 0.3 is 7.82 Å². The van der Waals surface area contributed by atoms with Crippen LogP contribution in [0.2, 0.25) is 0 Å². The number of hydrogen-bond donors (Lipinski definition) is 3. The van der Waals surface area contributed by atoms with Gasteiger partial charge in [0.15, 0.2) is 0 Å². The Morgan fingerprint density at radius 2 is 1.03 bits per heavy atom. The highest BCUT2D eigenvalue weighted by Gasteiger charge is 2.24. The zero-order chi connectivity index (χ0) is 26.4. The van der Waals surface area contributed by atoms with E-state index in [-0.39, 0.29) is 0 Å². The molecule has 0 spiro atoms. The van der Waals surface area contributed by atoms with Crippen LogP contribution >= 0.6 is 7.82 Å². The molecule has 0 aliphatic heterocycles. The molecule has 2 rings (SSSR count). The van der Waals surface area contributed by atoms with E-state index < -0.39 is 7.82 Å². The molecule has 0 aliphatic rings. The highest BCUT2D eigenvalue weighted by molar-refractivity contribution is 7.47. The SMILES string of the molecule is CCCCC(CC)COP(=O)(O)OCC(CC)CCCC.Oc1ccccc1.Oc1ccccc1. The van der Waals surface area contributed by atoms with Gasteiger partial charge in [-0.3, -0.25) is 9.05 Å². The van der Waals surface area contributed by atoms with Crippen LogP contribution < -0.4 is 0 Å². The van der Waals surface area contributed by atoms with Crippen molar-refractivity contribution in [1.29, 1.82) is 0 Å². The molecule has 7 heteroatoms. The normalized spacial score (nSPS) is 13.9. The van der Waals surface area contributed by atoms with Crippen LogP contribution in [0.1, 0.15) is 79.1 Å². The molecule has 0 amide bonds. The quantitative estimate of drug-likeness (QED) is 0.221. The van der Waals surface area contributed by atoms with Gasteiger partial charge < -0.3 is 15.1 Å². The minimum atomic E-state index is -3.89. The van der Waals surface area contributed by atoms with Crippen molar-refractivity contribution < 1.29 is 28.7 Å². The molecule has 2 atom stereocenters. The summed E-state index contributed by atoms with van der Waals surface area (Å²) in [5.41, 5.74) is 0. The van der Waals surface area contributed by atoms with E-state index in [9.17, 15) is 9.46 Å². The molecule has 2 aromatic carbocycles. The van der Waals surface area contributed by atoms with E-state index in [1.807, 2.05) is 12.1 Å². The number of aromatic hydroxyl groups is 2. The molecule has 2 aromatic rings. The van der Waals surface area contributed by atoms with Gasteiger partial charge in [-0.15, -0.1) is 0 Å². The standard InChI is InChI=1S/C16H35O4P.2C6H6O/c1-5-9-11-15(7-3)13-19-21(17,18)20-14-16(8-4)12-10-6-2;2*7-6-4-2-1-3-5-6/h15-16H,5-14H2,1-4H3,(H,17,18);2*1-5,7H. The Hall–Kier alpha value is -1.85. The fourth-order valence-electron chi connectivity index (χ4n) is 3.09. The van der Waals surface area contributed by atoms with Crippen molar-refractivity contribution in [2.45, 2.75) is 79.1 Å². The van der Waals surface area contributed by atoms with Crippen molar-refractivity contribution in [2.24, 2.45) is 11.8 Å². The summed E-state index contributed by atoms with van der Waals surface area (Å²) < 4.78 is 22.2. The first-order valence-corrected chi connectivity index (χ1v) is 14.4. The predicted molar refractivity (Wildman–Crippen MR) is 145 cm³/mol. The zero-order valence-electron chi connectivity index (χ0n) is 22.0. The van der Waals surface area contributed by atoms with E-state index in [0.29, 0.717) is 36.5 Å². The first-order chi connectivity index (χ1) is 16.8. The maximum atomic E-state index is 11.9. The summed E-state index contributed by atoms with van der Waals surface area (Å²) in [6.45, 7) is 9.10. The molecule has 0 saturated carbocycles. The van der Waals surface area contributed by atoms with Gasteiger partial charge in [-0.25, -0.2) is 4.57 Å². The summed E-state index contributed by atoms with van der Waals surface area (Å²) in [5.74, 6) is 1.33. The van der Waals surface area contributed by atoms with E-state index in [1.54, 1.807) is 48.5 Å². The van der Waals surface area contributed by atoms with Gasteiger partial charge in [0.05, 0.1) is 13.2 Å². The number of rotatable bonds is 14. The van der Waals surface area contributed by atoms with Gasteiger partial charge in [0.2, 0.25) is 0 Å². The molecular weight excluding hydrogens is 463 g/mol. The van der Waals surface area contributed by atoms with E-state index >= 15 is 0 Å². The number of unbranched alkanes of at least 4 members (excludes halogenated alkanes) is 2. The van der Waals surface area contributed by atoms with Crippen molar-refractivity contribution in [3.63, 3.8) is 0 Å². The number of benzene rings is 2. The highest BCUT2D eigenvalue weighted by Crippen LogP contribution is 2.44. The zero-order valence-corrected chi connectivity index (χ0v) is 22.9. The number of phosphoric acid groups is 1. The second kappa shape index (κ2) is 21.4. The van der Waals surface area contributed by atoms with E-state index in [4.69, 9.17) is 19.3 Å². The summed E-state index contributed by atoms with van der Waals surface area (Å²) in [7, 11) is -3.89. The Kier molecular flexibility index (Phi) is 20.3. The lowest BCUT2D eigenvalue weighted by Crippen LogP contribution is -2.12. The van der Waals surface area contributed by atoms with E-state index in [2.05, 4.69) is 27.7 Å². The van der Waals surface area contributed by atoms with Crippen LogP contribution in [0, 0.1) is 11.8 Å². The number of phenols is 2. The summed E-state index contributed by atoms with van der Waals surface area (Å²) in [4.78, 5) is 9.77. The van der Waals surface area contributed by atoms with Crippen LogP contribution in [0.3, 0.4) is 0 Å². The Balaban J connectivity index is 0.000000656. The molecule has 0 bridgehead atoms. The third-order valence-corrected chi connectivity index (χ3v) is 6.50. The first kappa shape index (κ1) is 33.1. The molecule has 0 fully saturated rings. The van der Waals surface area contributed by atoms with E-state index in [0.717, 1.165) is 51.4 Å². The average molecular weight is 511 g/mol. The molecule has 2 unspecified atom stereocenters. The summed E-state index contributed by atoms with van der Waals surface area (Å²) in [6.07, 6.45) is 8.56. The lowest BCUT2D eigenvalue weighted by atomic mass is 10.0. The van der Waals surface area contributed by atoms with Crippen LogP contribution in [0.25, 0.3) is 0 Å². The van der Waals surface area contributed by atoms with Gasteiger partial charge in [0, 0.05) is 0 Å². The van der Waals surface area contributed by atoms with Gasteiger partial charge in [0.1, 0.15) is 11.5 Å². The largest absolute Gasteiger partial charge is 0.508 e. The van der Waals surface area contributed by atoms with Crippen LogP contribution in [0.15, 0.2) is 60.7 Å². The second-order valence-corrected chi connectivity index (χ2v) is 10.0. The Bertz CT molecular complexity index is 695. The first-order valence-electron chi connectivity index (χ1n) is 12.9. The number of phosphoric ester groups is 1. The maximum absolute atomic E-state index is 11.9. The Morgan fingerprint density at radius 1 is 0.686 bits per heavy atom. The smallest absolute Gasteiger partial charge is 0.472 e.